The number of aliphatic carboxylic acids is 1. The number of likely N-dealkylation sites (N-methyl/N-ethyl adjacent to an activating group) is 1. The molecule has 0 aromatic heterocycles. The zero-order valence-electron chi connectivity index (χ0n) is 11.8. The number of ether oxygens (including phenoxy) is 1. The lowest BCUT2D eigenvalue weighted by molar-refractivity contribution is -0.140. The van der Waals surface area contributed by atoms with Crippen LogP contribution in [0.5, 0.6) is 0 Å². The van der Waals surface area contributed by atoms with Crippen LogP contribution in [0, 0.1) is 5.92 Å². The molecule has 1 fully saturated rings. The Morgan fingerprint density at radius 1 is 1.33 bits per heavy atom. The van der Waals surface area contributed by atoms with Crippen molar-refractivity contribution in [2.75, 3.05) is 25.2 Å². The highest BCUT2D eigenvalue weighted by atomic mass is 16.5. The van der Waals surface area contributed by atoms with Gasteiger partial charge in [0.1, 0.15) is 6.04 Å². The third-order valence-electron chi connectivity index (χ3n) is 4.27. The molecule has 2 N–H and O–H groups in total. The van der Waals surface area contributed by atoms with E-state index in [-0.39, 0.29) is 17.9 Å². The van der Waals surface area contributed by atoms with E-state index in [0.717, 1.165) is 5.56 Å². The van der Waals surface area contributed by atoms with Crippen molar-refractivity contribution < 1.29 is 19.4 Å². The molecule has 0 saturated carbocycles. The Morgan fingerprint density at radius 2 is 2.10 bits per heavy atom. The van der Waals surface area contributed by atoms with E-state index in [4.69, 9.17) is 4.74 Å². The number of carboxylic acid groups (broad SMARTS) is 1. The number of anilines is 1. The minimum atomic E-state index is -0.973. The van der Waals surface area contributed by atoms with Gasteiger partial charge in [0, 0.05) is 18.2 Å². The molecule has 3 rings (SSSR count). The van der Waals surface area contributed by atoms with Crippen LogP contribution >= 0.6 is 0 Å². The van der Waals surface area contributed by atoms with Crippen LogP contribution in [-0.2, 0) is 20.7 Å². The number of carbonyl (C=O) groups excluding carboxylic acids is 1. The van der Waals surface area contributed by atoms with Gasteiger partial charge >= 0.3 is 5.97 Å². The predicted octanol–water partition coefficient (Wildman–Crippen LogP) is 0.263. The number of para-hydroxylation sites is 1. The standard InChI is InChI=1S/C15H18N2O4/c1-16-11-8-21-7-10(11)14(18)17-12-5-3-2-4-9(12)6-13(17)15(19)20/h2-5,10-11,13,16H,6-8H2,1H3,(H,19,20). The topological polar surface area (TPSA) is 78.9 Å². The van der Waals surface area contributed by atoms with Crippen LogP contribution in [0.4, 0.5) is 5.69 Å². The zero-order valence-corrected chi connectivity index (χ0v) is 11.8. The lowest BCUT2D eigenvalue weighted by Crippen LogP contribution is -2.50. The van der Waals surface area contributed by atoms with E-state index in [2.05, 4.69) is 5.32 Å². The number of nitrogens with zero attached hydrogens (tertiary/aromatic N) is 1. The molecule has 1 aromatic carbocycles. The largest absolute Gasteiger partial charge is 0.480 e. The Morgan fingerprint density at radius 3 is 2.81 bits per heavy atom. The number of nitrogens with one attached hydrogen (secondary N) is 1. The first-order valence-corrected chi connectivity index (χ1v) is 7.02. The van der Waals surface area contributed by atoms with Gasteiger partial charge in [0.15, 0.2) is 0 Å². The average molecular weight is 290 g/mol. The second-order valence-corrected chi connectivity index (χ2v) is 5.43. The Bertz CT molecular complexity index is 575. The van der Waals surface area contributed by atoms with Crippen LogP contribution in [0.3, 0.4) is 0 Å². The highest BCUT2D eigenvalue weighted by Gasteiger charge is 2.44. The Kier molecular flexibility index (Phi) is 3.65. The van der Waals surface area contributed by atoms with Crippen molar-refractivity contribution in [1.29, 1.82) is 0 Å². The van der Waals surface area contributed by atoms with Crippen LogP contribution in [-0.4, -0.2) is 49.3 Å². The van der Waals surface area contributed by atoms with Gasteiger partial charge in [-0.25, -0.2) is 4.79 Å². The van der Waals surface area contributed by atoms with E-state index in [1.54, 1.807) is 13.1 Å². The van der Waals surface area contributed by atoms with Crippen LogP contribution < -0.4 is 10.2 Å². The lowest BCUT2D eigenvalue weighted by atomic mass is 10.0. The summed E-state index contributed by atoms with van der Waals surface area (Å²) in [5.41, 5.74) is 1.61. The predicted molar refractivity (Wildman–Crippen MR) is 76.2 cm³/mol. The van der Waals surface area contributed by atoms with Gasteiger partial charge in [-0.3, -0.25) is 9.69 Å². The SMILES string of the molecule is CNC1COCC1C(=O)N1c2ccccc2CC1C(=O)O. The monoisotopic (exact) mass is 290 g/mol. The number of amides is 1. The Labute approximate surface area is 122 Å². The molecule has 1 saturated heterocycles. The molecule has 1 amide bonds. The number of fused-ring (bicyclic) bond motifs is 1. The van der Waals surface area contributed by atoms with Gasteiger partial charge < -0.3 is 15.2 Å². The first kappa shape index (κ1) is 14.0. The summed E-state index contributed by atoms with van der Waals surface area (Å²) in [6.45, 7) is 0.801. The van der Waals surface area contributed by atoms with E-state index in [0.29, 0.717) is 25.3 Å². The summed E-state index contributed by atoms with van der Waals surface area (Å²) in [5, 5.41) is 12.5. The number of hydrogen-bond donors (Lipinski definition) is 2. The van der Waals surface area contributed by atoms with Gasteiger partial charge in [-0.05, 0) is 18.7 Å². The van der Waals surface area contributed by atoms with Crippen molar-refractivity contribution in [3.05, 3.63) is 29.8 Å². The first-order chi connectivity index (χ1) is 10.1. The molecule has 3 unspecified atom stereocenters. The van der Waals surface area contributed by atoms with Crippen molar-refractivity contribution in [3.63, 3.8) is 0 Å². The van der Waals surface area contributed by atoms with Gasteiger partial charge in [0.05, 0.1) is 19.1 Å². The molecule has 21 heavy (non-hydrogen) atoms. The maximum absolute atomic E-state index is 12.8. The fourth-order valence-corrected chi connectivity index (χ4v) is 3.12. The second kappa shape index (κ2) is 5.46. The quantitative estimate of drug-likeness (QED) is 0.835. The summed E-state index contributed by atoms with van der Waals surface area (Å²) in [5.74, 6) is -1.49. The fraction of sp³-hybridized carbons (Fsp3) is 0.467. The van der Waals surface area contributed by atoms with Gasteiger partial charge in [0.25, 0.3) is 0 Å². The van der Waals surface area contributed by atoms with Gasteiger partial charge in [-0.2, -0.15) is 0 Å². The highest BCUT2D eigenvalue weighted by molar-refractivity contribution is 6.03. The minimum absolute atomic E-state index is 0.0697. The summed E-state index contributed by atoms with van der Waals surface area (Å²) in [6.07, 6.45) is 0.356. The number of carbonyl (C=O) groups is 2. The van der Waals surface area contributed by atoms with E-state index in [1.807, 2.05) is 18.2 Å². The van der Waals surface area contributed by atoms with E-state index >= 15 is 0 Å². The molecule has 2 aliphatic heterocycles. The molecule has 6 nitrogen and oxygen atoms in total. The fourth-order valence-electron chi connectivity index (χ4n) is 3.12. The Hall–Kier alpha value is -1.92. The average Bonchev–Trinajstić information content (AvgIpc) is 3.10. The third-order valence-corrected chi connectivity index (χ3v) is 4.27. The number of hydrogen-bond acceptors (Lipinski definition) is 4. The smallest absolute Gasteiger partial charge is 0.327 e. The normalized spacial score (nSPS) is 27.7. The van der Waals surface area contributed by atoms with Crippen molar-refractivity contribution in [2.24, 2.45) is 5.92 Å². The van der Waals surface area contributed by atoms with Gasteiger partial charge in [-0.15, -0.1) is 0 Å². The molecule has 0 spiro atoms. The van der Waals surface area contributed by atoms with Crippen LogP contribution in [0.25, 0.3) is 0 Å². The van der Waals surface area contributed by atoms with E-state index in [1.165, 1.54) is 4.90 Å². The van der Waals surface area contributed by atoms with Crippen molar-refractivity contribution in [3.8, 4) is 0 Å². The summed E-state index contributed by atoms with van der Waals surface area (Å²) in [6, 6.07) is 6.47. The zero-order chi connectivity index (χ0) is 15.0. The Balaban J connectivity index is 1.94. The van der Waals surface area contributed by atoms with Crippen LogP contribution in [0.1, 0.15) is 5.56 Å². The lowest BCUT2D eigenvalue weighted by Gasteiger charge is -2.27. The first-order valence-electron chi connectivity index (χ1n) is 7.02. The molecule has 1 aromatic rings. The number of rotatable bonds is 3. The molecule has 0 radical (unpaired) electrons. The summed E-state index contributed by atoms with van der Waals surface area (Å²) < 4.78 is 5.37. The molecule has 0 bridgehead atoms. The van der Waals surface area contributed by atoms with Crippen molar-refractivity contribution in [2.45, 2.75) is 18.5 Å². The minimum Gasteiger partial charge on any atom is -0.480 e. The molecule has 6 heteroatoms. The van der Waals surface area contributed by atoms with Crippen LogP contribution in [0.2, 0.25) is 0 Å². The third kappa shape index (κ3) is 2.30. The number of carboxylic acids is 1. The maximum atomic E-state index is 12.8. The molecule has 2 heterocycles. The molecule has 3 atom stereocenters. The number of benzene rings is 1. The van der Waals surface area contributed by atoms with Gasteiger partial charge in [-0.1, -0.05) is 18.2 Å². The molecule has 112 valence electrons. The van der Waals surface area contributed by atoms with Crippen molar-refractivity contribution in [1.82, 2.24) is 5.32 Å². The molecule has 0 aliphatic carbocycles. The summed E-state index contributed by atoms with van der Waals surface area (Å²) in [7, 11) is 1.78. The molecule has 2 aliphatic rings. The van der Waals surface area contributed by atoms with E-state index in [9.17, 15) is 14.7 Å². The molecular formula is C15H18N2O4. The highest BCUT2D eigenvalue weighted by Crippen LogP contribution is 2.34. The maximum Gasteiger partial charge on any atom is 0.327 e. The van der Waals surface area contributed by atoms with Gasteiger partial charge in [0.2, 0.25) is 5.91 Å². The van der Waals surface area contributed by atoms with Crippen molar-refractivity contribution >= 4 is 17.6 Å². The van der Waals surface area contributed by atoms with E-state index < -0.39 is 12.0 Å². The molecular weight excluding hydrogens is 272 g/mol. The summed E-state index contributed by atoms with van der Waals surface area (Å²) in [4.78, 5) is 25.8. The second-order valence-electron chi connectivity index (χ2n) is 5.43. The van der Waals surface area contributed by atoms with Crippen LogP contribution in [0.15, 0.2) is 24.3 Å². The summed E-state index contributed by atoms with van der Waals surface area (Å²) >= 11 is 0.